The zero-order valence-corrected chi connectivity index (χ0v) is 16.9. The van der Waals surface area contributed by atoms with E-state index < -0.39 is 0 Å². The number of aromatic hydroxyl groups is 2. The van der Waals surface area contributed by atoms with Crippen molar-refractivity contribution >= 4 is 0 Å². The molecule has 0 unspecified atom stereocenters. The highest BCUT2D eigenvalue weighted by molar-refractivity contribution is 5.50. The fourth-order valence-corrected chi connectivity index (χ4v) is 3.66. The number of rotatable bonds is 4. The molecular weight excluding hydrogens is 332 g/mol. The van der Waals surface area contributed by atoms with Crippen LogP contribution in [0, 0.1) is 34.6 Å². The van der Waals surface area contributed by atoms with Crippen LogP contribution in [0.3, 0.4) is 0 Å². The molecule has 0 spiro atoms. The van der Waals surface area contributed by atoms with Crippen LogP contribution in [0.2, 0.25) is 0 Å². The van der Waals surface area contributed by atoms with Crippen molar-refractivity contribution in [3.05, 3.63) is 92.5 Å². The molecule has 2 heteroatoms. The molecule has 140 valence electrons. The first kappa shape index (κ1) is 19.0. The lowest BCUT2D eigenvalue weighted by Gasteiger charge is -2.15. The Balaban J connectivity index is 1.99. The SMILES string of the molecule is Cc1ccc(C)c(Cc2cc(C)cc(Cc3cc(C)c(O)cc3C)c2O)c1. The average molecular weight is 360 g/mol. The summed E-state index contributed by atoms with van der Waals surface area (Å²) in [5.74, 6) is 0.701. The zero-order valence-electron chi connectivity index (χ0n) is 16.9. The minimum atomic E-state index is 0.320. The van der Waals surface area contributed by atoms with E-state index in [1.165, 1.54) is 16.7 Å². The van der Waals surface area contributed by atoms with Gasteiger partial charge in [0.15, 0.2) is 0 Å². The Bertz CT molecular complexity index is 1000. The van der Waals surface area contributed by atoms with Crippen LogP contribution < -0.4 is 0 Å². The molecular formula is C25H28O2. The molecule has 0 bridgehead atoms. The highest BCUT2D eigenvalue weighted by Crippen LogP contribution is 2.31. The van der Waals surface area contributed by atoms with Crippen molar-refractivity contribution in [2.45, 2.75) is 47.5 Å². The van der Waals surface area contributed by atoms with Crippen molar-refractivity contribution < 1.29 is 10.2 Å². The van der Waals surface area contributed by atoms with Crippen LogP contribution in [-0.4, -0.2) is 10.2 Å². The van der Waals surface area contributed by atoms with Gasteiger partial charge in [-0.3, -0.25) is 0 Å². The van der Waals surface area contributed by atoms with Crippen LogP contribution in [-0.2, 0) is 12.8 Å². The maximum Gasteiger partial charge on any atom is 0.122 e. The van der Waals surface area contributed by atoms with Gasteiger partial charge in [-0.15, -0.1) is 0 Å². The third kappa shape index (κ3) is 4.16. The smallest absolute Gasteiger partial charge is 0.122 e. The number of hydrogen-bond donors (Lipinski definition) is 2. The monoisotopic (exact) mass is 360 g/mol. The first-order chi connectivity index (χ1) is 12.7. The summed E-state index contributed by atoms with van der Waals surface area (Å²) in [5, 5.41) is 20.9. The molecule has 0 aliphatic rings. The van der Waals surface area contributed by atoms with Crippen LogP contribution in [0.5, 0.6) is 11.5 Å². The summed E-state index contributed by atoms with van der Waals surface area (Å²) in [5.41, 5.74) is 9.80. The third-order valence-corrected chi connectivity index (χ3v) is 5.33. The van der Waals surface area contributed by atoms with Crippen molar-refractivity contribution in [1.29, 1.82) is 0 Å². The van der Waals surface area contributed by atoms with Gasteiger partial charge < -0.3 is 10.2 Å². The average Bonchev–Trinajstić information content (AvgIpc) is 2.60. The molecule has 0 heterocycles. The van der Waals surface area contributed by atoms with Gasteiger partial charge >= 0.3 is 0 Å². The van der Waals surface area contributed by atoms with E-state index in [4.69, 9.17) is 0 Å². The predicted octanol–water partition coefficient (Wildman–Crippen LogP) is 5.82. The van der Waals surface area contributed by atoms with E-state index in [0.29, 0.717) is 17.9 Å². The van der Waals surface area contributed by atoms with Gasteiger partial charge in [-0.2, -0.15) is 0 Å². The fourth-order valence-electron chi connectivity index (χ4n) is 3.66. The molecule has 0 aromatic heterocycles. The molecule has 0 atom stereocenters. The molecule has 27 heavy (non-hydrogen) atoms. The van der Waals surface area contributed by atoms with Crippen LogP contribution in [0.4, 0.5) is 0 Å². The zero-order chi connectivity index (χ0) is 19.7. The molecule has 3 aromatic rings. The lowest BCUT2D eigenvalue weighted by molar-refractivity contribution is 0.463. The second kappa shape index (κ2) is 7.48. The molecule has 2 nitrogen and oxygen atoms in total. The lowest BCUT2D eigenvalue weighted by Crippen LogP contribution is -1.99. The molecule has 3 aromatic carbocycles. The van der Waals surface area contributed by atoms with Gasteiger partial charge in [0.2, 0.25) is 0 Å². The summed E-state index contributed by atoms with van der Waals surface area (Å²) >= 11 is 0. The van der Waals surface area contributed by atoms with E-state index >= 15 is 0 Å². The summed E-state index contributed by atoms with van der Waals surface area (Å²) in [6, 6.07) is 14.4. The Morgan fingerprint density at radius 2 is 1.11 bits per heavy atom. The van der Waals surface area contributed by atoms with Crippen molar-refractivity contribution in [2.75, 3.05) is 0 Å². The number of benzene rings is 3. The molecule has 0 saturated heterocycles. The summed E-state index contributed by atoms with van der Waals surface area (Å²) in [4.78, 5) is 0. The molecule has 0 aliphatic carbocycles. The Hall–Kier alpha value is -2.74. The van der Waals surface area contributed by atoms with Crippen molar-refractivity contribution in [1.82, 2.24) is 0 Å². The van der Waals surface area contributed by atoms with Crippen LogP contribution in [0.15, 0.2) is 42.5 Å². The Kier molecular flexibility index (Phi) is 5.27. The standard InChI is InChI=1S/C25H28O2/c1-15-6-7-17(3)20(8-15)13-22-9-16(2)10-23(25(22)27)14-21-11-19(5)24(26)12-18(21)4/h6-12,26-27H,13-14H2,1-5H3. The maximum absolute atomic E-state index is 11.0. The first-order valence-corrected chi connectivity index (χ1v) is 9.41. The van der Waals surface area contributed by atoms with E-state index in [0.717, 1.165) is 39.8 Å². The van der Waals surface area contributed by atoms with Gasteiger partial charge in [0.1, 0.15) is 11.5 Å². The molecule has 0 radical (unpaired) electrons. The van der Waals surface area contributed by atoms with E-state index in [2.05, 4.69) is 51.1 Å². The molecule has 0 amide bonds. The van der Waals surface area contributed by atoms with E-state index in [-0.39, 0.29) is 0 Å². The number of hydrogen-bond acceptors (Lipinski definition) is 2. The van der Waals surface area contributed by atoms with Crippen molar-refractivity contribution in [3.8, 4) is 11.5 Å². The maximum atomic E-state index is 11.0. The van der Waals surface area contributed by atoms with E-state index in [1.54, 1.807) is 6.07 Å². The Morgan fingerprint density at radius 3 is 1.74 bits per heavy atom. The summed E-state index contributed by atoms with van der Waals surface area (Å²) in [6.45, 7) is 10.2. The minimum absolute atomic E-state index is 0.320. The van der Waals surface area contributed by atoms with Crippen molar-refractivity contribution in [2.24, 2.45) is 0 Å². The summed E-state index contributed by atoms with van der Waals surface area (Å²) in [7, 11) is 0. The van der Waals surface area contributed by atoms with Gasteiger partial charge in [-0.05, 0) is 79.6 Å². The number of phenolic OH excluding ortho intramolecular Hbond substituents is 2. The summed E-state index contributed by atoms with van der Waals surface area (Å²) < 4.78 is 0. The molecule has 2 N–H and O–H groups in total. The van der Waals surface area contributed by atoms with Crippen LogP contribution in [0.1, 0.15) is 50.1 Å². The normalized spacial score (nSPS) is 11.0. The Labute approximate surface area is 162 Å². The van der Waals surface area contributed by atoms with Gasteiger partial charge in [0.05, 0.1) is 0 Å². The van der Waals surface area contributed by atoms with Crippen LogP contribution >= 0.6 is 0 Å². The van der Waals surface area contributed by atoms with Gasteiger partial charge in [-0.25, -0.2) is 0 Å². The topological polar surface area (TPSA) is 40.5 Å². The van der Waals surface area contributed by atoms with E-state index in [9.17, 15) is 10.2 Å². The molecule has 0 fully saturated rings. The predicted molar refractivity (Wildman–Crippen MR) is 112 cm³/mol. The lowest BCUT2D eigenvalue weighted by atomic mass is 9.92. The summed E-state index contributed by atoms with van der Waals surface area (Å²) in [6.07, 6.45) is 1.38. The second-order valence-electron chi connectivity index (χ2n) is 7.78. The third-order valence-electron chi connectivity index (χ3n) is 5.33. The van der Waals surface area contributed by atoms with Crippen molar-refractivity contribution in [3.63, 3.8) is 0 Å². The second-order valence-corrected chi connectivity index (χ2v) is 7.78. The first-order valence-electron chi connectivity index (χ1n) is 9.41. The fraction of sp³-hybridized carbons (Fsp3) is 0.280. The van der Waals surface area contributed by atoms with Gasteiger partial charge in [-0.1, -0.05) is 47.5 Å². The number of phenols is 2. The Morgan fingerprint density at radius 1 is 0.556 bits per heavy atom. The molecule has 3 rings (SSSR count). The van der Waals surface area contributed by atoms with Crippen LogP contribution in [0.25, 0.3) is 0 Å². The molecule has 0 saturated carbocycles. The highest BCUT2D eigenvalue weighted by Gasteiger charge is 2.13. The van der Waals surface area contributed by atoms with Gasteiger partial charge in [0, 0.05) is 12.8 Å². The largest absolute Gasteiger partial charge is 0.508 e. The number of aryl methyl sites for hydroxylation is 5. The van der Waals surface area contributed by atoms with Gasteiger partial charge in [0.25, 0.3) is 0 Å². The van der Waals surface area contributed by atoms with E-state index in [1.807, 2.05) is 19.9 Å². The molecule has 0 aliphatic heterocycles. The quantitative estimate of drug-likeness (QED) is 0.615. The minimum Gasteiger partial charge on any atom is -0.508 e. The highest BCUT2D eigenvalue weighted by atomic mass is 16.3.